The Labute approximate surface area is 215 Å². The average Bonchev–Trinajstić information content (AvgIpc) is 3.38. The highest BCUT2D eigenvalue weighted by atomic mass is 16.4. The summed E-state index contributed by atoms with van der Waals surface area (Å²) in [4.78, 5) is 34.3. The lowest BCUT2D eigenvalue weighted by atomic mass is 10.0. The maximum absolute atomic E-state index is 11.6. The maximum Gasteiger partial charge on any atom is 0.335 e. The summed E-state index contributed by atoms with van der Waals surface area (Å²) < 4.78 is 1.74. The fraction of sp³-hybridized carbons (Fsp3) is 0. The van der Waals surface area contributed by atoms with Gasteiger partial charge in [0.05, 0.1) is 16.7 Å². The smallest absolute Gasteiger partial charge is 0.335 e. The van der Waals surface area contributed by atoms with Gasteiger partial charge in [0.15, 0.2) is 11.6 Å². The molecule has 0 unspecified atom stereocenters. The molecular formula is C29H19N3O6. The molecule has 0 amide bonds. The zero-order valence-electron chi connectivity index (χ0n) is 19.6. The molecule has 0 saturated carbocycles. The Morgan fingerprint density at radius 2 is 0.921 bits per heavy atom. The molecule has 0 fully saturated rings. The lowest BCUT2D eigenvalue weighted by Gasteiger charge is -2.13. The number of aromatic nitrogens is 3. The molecule has 0 aliphatic rings. The summed E-state index contributed by atoms with van der Waals surface area (Å²) >= 11 is 0. The Kier molecular flexibility index (Phi) is 6.24. The van der Waals surface area contributed by atoms with E-state index in [0.29, 0.717) is 28.5 Å². The van der Waals surface area contributed by atoms with Crippen LogP contribution in [-0.2, 0) is 0 Å². The monoisotopic (exact) mass is 505 g/mol. The van der Waals surface area contributed by atoms with Crippen LogP contribution in [0.1, 0.15) is 31.1 Å². The van der Waals surface area contributed by atoms with E-state index < -0.39 is 17.9 Å². The van der Waals surface area contributed by atoms with Crippen molar-refractivity contribution >= 4 is 17.9 Å². The van der Waals surface area contributed by atoms with Crippen molar-refractivity contribution in [3.05, 3.63) is 114 Å². The second kappa shape index (κ2) is 9.82. The summed E-state index contributed by atoms with van der Waals surface area (Å²) in [5, 5.41) is 36.7. The Balaban J connectivity index is 1.64. The maximum atomic E-state index is 11.6. The van der Waals surface area contributed by atoms with Crippen LogP contribution >= 0.6 is 0 Å². The predicted octanol–water partition coefficient (Wildman–Crippen LogP) is 5.36. The number of carboxylic acids is 3. The Morgan fingerprint density at radius 3 is 1.34 bits per heavy atom. The molecule has 4 aromatic carbocycles. The highest BCUT2D eigenvalue weighted by Crippen LogP contribution is 2.31. The van der Waals surface area contributed by atoms with Crippen molar-refractivity contribution in [3.63, 3.8) is 0 Å². The summed E-state index contributed by atoms with van der Waals surface area (Å²) in [6.45, 7) is 0. The van der Waals surface area contributed by atoms with Gasteiger partial charge in [-0.2, -0.15) is 0 Å². The standard InChI is InChI=1S/C29H19N3O6/c33-27(34)19-9-7-17(8-10-19)18-11-13-24(14-12-18)32-25(20-3-1-5-22(15-20)28(35)36)30-31-26(32)21-4-2-6-23(16-21)29(37)38/h1-16H,(H,33,34)(H,35,36)(H,37,38). The van der Waals surface area contributed by atoms with Crippen LogP contribution in [0.15, 0.2) is 97.1 Å². The van der Waals surface area contributed by atoms with Gasteiger partial charge in [0.2, 0.25) is 0 Å². The van der Waals surface area contributed by atoms with E-state index in [0.717, 1.165) is 11.1 Å². The number of rotatable bonds is 7. The van der Waals surface area contributed by atoms with E-state index in [9.17, 15) is 24.6 Å². The molecule has 186 valence electrons. The minimum Gasteiger partial charge on any atom is -0.478 e. The van der Waals surface area contributed by atoms with Gasteiger partial charge >= 0.3 is 17.9 Å². The van der Waals surface area contributed by atoms with Crippen molar-refractivity contribution < 1.29 is 29.7 Å². The molecular weight excluding hydrogens is 486 g/mol. The first kappa shape index (κ1) is 24.1. The van der Waals surface area contributed by atoms with Gasteiger partial charge in [-0.05, 0) is 59.7 Å². The molecule has 38 heavy (non-hydrogen) atoms. The summed E-state index contributed by atoms with van der Waals surface area (Å²) in [5.74, 6) is -2.40. The summed E-state index contributed by atoms with van der Waals surface area (Å²) in [6, 6.07) is 26.5. The molecule has 0 radical (unpaired) electrons. The second-order valence-electron chi connectivity index (χ2n) is 8.38. The minimum atomic E-state index is -1.08. The Hall–Kier alpha value is -5.57. The van der Waals surface area contributed by atoms with Crippen molar-refractivity contribution in [2.75, 3.05) is 0 Å². The fourth-order valence-electron chi connectivity index (χ4n) is 4.09. The highest BCUT2D eigenvalue weighted by molar-refractivity contribution is 5.90. The number of hydrogen-bond acceptors (Lipinski definition) is 5. The van der Waals surface area contributed by atoms with Crippen LogP contribution < -0.4 is 0 Å². The van der Waals surface area contributed by atoms with Crippen LogP contribution in [-0.4, -0.2) is 48.0 Å². The van der Waals surface area contributed by atoms with Crippen molar-refractivity contribution in [2.24, 2.45) is 0 Å². The minimum absolute atomic E-state index is 0.0895. The van der Waals surface area contributed by atoms with Crippen LogP contribution in [0.3, 0.4) is 0 Å². The summed E-state index contributed by atoms with van der Waals surface area (Å²) in [5.41, 5.74) is 3.75. The first-order valence-corrected chi connectivity index (χ1v) is 11.4. The molecule has 9 nitrogen and oxygen atoms in total. The van der Waals surface area contributed by atoms with E-state index in [1.54, 1.807) is 41.0 Å². The van der Waals surface area contributed by atoms with Crippen LogP contribution in [0.5, 0.6) is 0 Å². The lowest BCUT2D eigenvalue weighted by Crippen LogP contribution is -2.03. The first-order chi connectivity index (χ1) is 18.3. The van der Waals surface area contributed by atoms with Gasteiger partial charge in [-0.15, -0.1) is 10.2 Å². The van der Waals surface area contributed by atoms with Gasteiger partial charge in [-0.3, -0.25) is 4.57 Å². The number of carboxylic acid groups (broad SMARTS) is 3. The highest BCUT2D eigenvalue weighted by Gasteiger charge is 2.19. The topological polar surface area (TPSA) is 143 Å². The molecule has 0 spiro atoms. The number of hydrogen-bond donors (Lipinski definition) is 3. The normalized spacial score (nSPS) is 10.7. The van der Waals surface area contributed by atoms with Crippen LogP contribution in [0, 0.1) is 0 Å². The molecule has 0 aliphatic heterocycles. The third-order valence-corrected chi connectivity index (χ3v) is 5.99. The van der Waals surface area contributed by atoms with Crippen molar-refractivity contribution in [1.29, 1.82) is 0 Å². The molecule has 0 atom stereocenters. The van der Waals surface area contributed by atoms with E-state index in [2.05, 4.69) is 10.2 Å². The molecule has 0 bridgehead atoms. The largest absolute Gasteiger partial charge is 0.478 e. The van der Waals surface area contributed by atoms with E-state index >= 15 is 0 Å². The van der Waals surface area contributed by atoms with Gasteiger partial charge in [-0.1, -0.05) is 48.5 Å². The average molecular weight is 505 g/mol. The Morgan fingerprint density at radius 1 is 0.500 bits per heavy atom. The van der Waals surface area contributed by atoms with E-state index in [1.807, 2.05) is 24.3 Å². The molecule has 1 aromatic heterocycles. The molecule has 0 aliphatic carbocycles. The summed E-state index contributed by atoms with van der Waals surface area (Å²) in [6.07, 6.45) is 0. The third-order valence-electron chi connectivity index (χ3n) is 5.99. The predicted molar refractivity (Wildman–Crippen MR) is 139 cm³/mol. The van der Waals surface area contributed by atoms with Crippen LogP contribution in [0.4, 0.5) is 0 Å². The molecule has 9 heteroatoms. The molecule has 0 saturated heterocycles. The first-order valence-electron chi connectivity index (χ1n) is 11.4. The molecule has 1 heterocycles. The number of aromatic carboxylic acids is 3. The number of benzene rings is 4. The van der Waals surface area contributed by atoms with Gasteiger partial charge in [0, 0.05) is 16.8 Å². The number of nitrogens with zero attached hydrogens (tertiary/aromatic N) is 3. The SMILES string of the molecule is O=C(O)c1ccc(-c2ccc(-n3c(-c4cccc(C(=O)O)c4)nnc3-c3cccc(C(=O)O)c3)cc2)cc1. The van der Waals surface area contributed by atoms with Crippen LogP contribution in [0.25, 0.3) is 39.6 Å². The van der Waals surface area contributed by atoms with Gasteiger partial charge in [0.25, 0.3) is 0 Å². The third kappa shape index (κ3) is 4.63. The van der Waals surface area contributed by atoms with Crippen LogP contribution in [0.2, 0.25) is 0 Å². The van der Waals surface area contributed by atoms with Crippen molar-refractivity contribution in [1.82, 2.24) is 14.8 Å². The fourth-order valence-corrected chi connectivity index (χ4v) is 4.09. The molecule has 5 rings (SSSR count). The van der Waals surface area contributed by atoms with E-state index in [4.69, 9.17) is 5.11 Å². The Bertz CT molecular complexity index is 1610. The number of carbonyl (C=O) groups is 3. The van der Waals surface area contributed by atoms with Crippen molar-refractivity contribution in [2.45, 2.75) is 0 Å². The molecule has 3 N–H and O–H groups in total. The zero-order valence-corrected chi connectivity index (χ0v) is 19.6. The molecule has 5 aromatic rings. The second-order valence-corrected chi connectivity index (χ2v) is 8.38. The quantitative estimate of drug-likeness (QED) is 0.268. The summed E-state index contributed by atoms with van der Waals surface area (Å²) in [7, 11) is 0. The lowest BCUT2D eigenvalue weighted by molar-refractivity contribution is 0.0686. The van der Waals surface area contributed by atoms with Gasteiger partial charge in [0.1, 0.15) is 0 Å². The van der Waals surface area contributed by atoms with Crippen molar-refractivity contribution in [3.8, 4) is 39.6 Å². The van der Waals surface area contributed by atoms with Gasteiger partial charge < -0.3 is 15.3 Å². The van der Waals surface area contributed by atoms with E-state index in [1.165, 1.54) is 36.4 Å². The van der Waals surface area contributed by atoms with E-state index in [-0.39, 0.29) is 16.7 Å². The van der Waals surface area contributed by atoms with Gasteiger partial charge in [-0.25, -0.2) is 14.4 Å². The zero-order chi connectivity index (χ0) is 26.8.